The minimum absolute atomic E-state index is 0.241. The highest BCUT2D eigenvalue weighted by molar-refractivity contribution is 6.34. The van der Waals surface area contributed by atoms with E-state index < -0.39 is 0 Å². The van der Waals surface area contributed by atoms with Crippen LogP contribution in [0.4, 0.5) is 11.4 Å². The van der Waals surface area contributed by atoms with Crippen molar-refractivity contribution in [3.8, 4) is 5.75 Å². The summed E-state index contributed by atoms with van der Waals surface area (Å²) in [5.41, 5.74) is 2.14. The molecule has 0 spiro atoms. The molecule has 1 fully saturated rings. The zero-order valence-electron chi connectivity index (χ0n) is 14.0. The highest BCUT2D eigenvalue weighted by Gasteiger charge is 2.16. The minimum Gasteiger partial charge on any atom is -0.492 e. The summed E-state index contributed by atoms with van der Waals surface area (Å²) in [7, 11) is 0. The summed E-state index contributed by atoms with van der Waals surface area (Å²) < 4.78 is 5.38. The molecule has 0 saturated carbocycles. The van der Waals surface area contributed by atoms with E-state index in [-0.39, 0.29) is 5.91 Å². The van der Waals surface area contributed by atoms with Gasteiger partial charge in [-0.2, -0.15) is 0 Å². The fourth-order valence-electron chi connectivity index (χ4n) is 2.92. The Hall–Kier alpha value is -1.91. The maximum atomic E-state index is 12.4. The van der Waals surface area contributed by atoms with Gasteiger partial charge in [-0.05, 0) is 56.2 Å². The molecule has 25 heavy (non-hydrogen) atoms. The number of nitrogens with one attached hydrogen (secondary N) is 1. The molecular weight excluding hydrogens is 359 g/mol. The summed E-state index contributed by atoms with van der Waals surface area (Å²) in [6, 6.07) is 10.6. The van der Waals surface area contributed by atoms with Gasteiger partial charge >= 0.3 is 0 Å². The van der Waals surface area contributed by atoms with Crippen LogP contribution in [0.2, 0.25) is 10.0 Å². The molecule has 0 aliphatic carbocycles. The molecule has 1 saturated heterocycles. The Morgan fingerprint density at radius 2 is 1.88 bits per heavy atom. The Balaban J connectivity index is 1.72. The number of amides is 1. The maximum Gasteiger partial charge on any atom is 0.255 e. The van der Waals surface area contributed by atoms with Crippen LogP contribution in [-0.4, -0.2) is 25.6 Å². The lowest BCUT2D eigenvalue weighted by molar-refractivity contribution is 0.102. The van der Waals surface area contributed by atoms with Gasteiger partial charge in [0, 0.05) is 24.3 Å². The number of halogens is 2. The molecule has 6 heteroatoms. The second-order valence-electron chi connectivity index (χ2n) is 5.89. The topological polar surface area (TPSA) is 41.6 Å². The Morgan fingerprint density at radius 3 is 2.52 bits per heavy atom. The number of carbonyl (C=O) groups is 1. The van der Waals surface area contributed by atoms with Gasteiger partial charge in [-0.15, -0.1) is 0 Å². The summed E-state index contributed by atoms with van der Waals surface area (Å²) >= 11 is 12.5. The monoisotopic (exact) mass is 378 g/mol. The van der Waals surface area contributed by atoms with Crippen molar-refractivity contribution < 1.29 is 9.53 Å². The zero-order valence-corrected chi connectivity index (χ0v) is 15.5. The first kappa shape index (κ1) is 17.9. The van der Waals surface area contributed by atoms with Gasteiger partial charge < -0.3 is 15.0 Å². The predicted molar refractivity (Wildman–Crippen MR) is 103 cm³/mol. The maximum absolute atomic E-state index is 12.4. The number of rotatable bonds is 5. The van der Waals surface area contributed by atoms with Crippen molar-refractivity contribution in [2.75, 3.05) is 29.9 Å². The summed E-state index contributed by atoms with van der Waals surface area (Å²) in [5.74, 6) is 0.327. The Bertz CT molecular complexity index is 774. The van der Waals surface area contributed by atoms with E-state index in [9.17, 15) is 4.79 Å². The van der Waals surface area contributed by atoms with Crippen LogP contribution >= 0.6 is 23.2 Å². The SMILES string of the molecule is CCOc1ccc(C(=O)Nc2ccc(N3CCCC3)c(Cl)c2)cc1Cl. The van der Waals surface area contributed by atoms with Crippen molar-refractivity contribution in [2.24, 2.45) is 0 Å². The second-order valence-corrected chi connectivity index (χ2v) is 6.71. The highest BCUT2D eigenvalue weighted by atomic mass is 35.5. The van der Waals surface area contributed by atoms with Gasteiger partial charge in [0.05, 0.1) is 22.3 Å². The third kappa shape index (κ3) is 4.20. The van der Waals surface area contributed by atoms with Crippen molar-refractivity contribution in [3.05, 3.63) is 52.0 Å². The summed E-state index contributed by atoms with van der Waals surface area (Å²) in [4.78, 5) is 14.7. The van der Waals surface area contributed by atoms with E-state index in [1.807, 2.05) is 19.1 Å². The van der Waals surface area contributed by atoms with Crippen molar-refractivity contribution in [3.63, 3.8) is 0 Å². The number of ether oxygens (including phenoxy) is 1. The first-order valence-corrected chi connectivity index (χ1v) is 9.12. The molecule has 1 N–H and O–H groups in total. The number of benzene rings is 2. The van der Waals surface area contributed by atoms with E-state index in [1.165, 1.54) is 12.8 Å². The Labute approximate surface area is 157 Å². The number of hydrogen-bond donors (Lipinski definition) is 1. The van der Waals surface area contributed by atoms with Gasteiger partial charge in [-0.3, -0.25) is 4.79 Å². The lowest BCUT2D eigenvalue weighted by Crippen LogP contribution is -2.18. The van der Waals surface area contributed by atoms with Crippen LogP contribution in [-0.2, 0) is 0 Å². The van der Waals surface area contributed by atoms with Gasteiger partial charge in [0.1, 0.15) is 5.75 Å². The van der Waals surface area contributed by atoms with Crippen LogP contribution in [0.25, 0.3) is 0 Å². The van der Waals surface area contributed by atoms with Crippen molar-refractivity contribution >= 4 is 40.5 Å². The lowest BCUT2D eigenvalue weighted by Gasteiger charge is -2.19. The Morgan fingerprint density at radius 1 is 1.12 bits per heavy atom. The van der Waals surface area contributed by atoms with Crippen molar-refractivity contribution in [1.29, 1.82) is 0 Å². The van der Waals surface area contributed by atoms with E-state index >= 15 is 0 Å². The first-order valence-electron chi connectivity index (χ1n) is 8.36. The highest BCUT2D eigenvalue weighted by Crippen LogP contribution is 2.31. The average Bonchev–Trinajstić information content (AvgIpc) is 3.11. The molecule has 1 aliphatic rings. The molecule has 0 radical (unpaired) electrons. The number of nitrogens with zero attached hydrogens (tertiary/aromatic N) is 1. The summed E-state index contributed by atoms with van der Waals surface area (Å²) in [6.45, 7) is 4.45. The molecule has 132 valence electrons. The average molecular weight is 379 g/mol. The van der Waals surface area contributed by atoms with Gasteiger partial charge in [0.15, 0.2) is 0 Å². The number of carbonyl (C=O) groups excluding carboxylic acids is 1. The molecule has 0 unspecified atom stereocenters. The zero-order chi connectivity index (χ0) is 17.8. The summed E-state index contributed by atoms with van der Waals surface area (Å²) in [6.07, 6.45) is 2.38. The first-order chi connectivity index (χ1) is 12.1. The molecule has 1 heterocycles. The van der Waals surface area contributed by atoms with E-state index in [4.69, 9.17) is 27.9 Å². The largest absolute Gasteiger partial charge is 0.492 e. The van der Waals surface area contributed by atoms with Crippen LogP contribution < -0.4 is 15.0 Å². The van der Waals surface area contributed by atoms with Crippen molar-refractivity contribution in [1.82, 2.24) is 0 Å². The molecule has 1 amide bonds. The van der Waals surface area contributed by atoms with Crippen LogP contribution in [0.15, 0.2) is 36.4 Å². The third-order valence-electron chi connectivity index (χ3n) is 4.15. The van der Waals surface area contributed by atoms with Crippen LogP contribution in [0, 0.1) is 0 Å². The molecule has 0 bridgehead atoms. The van der Waals surface area contributed by atoms with Gasteiger partial charge in [-0.25, -0.2) is 0 Å². The number of anilines is 2. The fraction of sp³-hybridized carbons (Fsp3) is 0.316. The van der Waals surface area contributed by atoms with Crippen molar-refractivity contribution in [2.45, 2.75) is 19.8 Å². The lowest BCUT2D eigenvalue weighted by atomic mass is 10.2. The molecule has 4 nitrogen and oxygen atoms in total. The normalized spacial score (nSPS) is 13.8. The molecule has 2 aromatic rings. The molecule has 3 rings (SSSR count). The van der Waals surface area contributed by atoms with Gasteiger partial charge in [-0.1, -0.05) is 23.2 Å². The van der Waals surface area contributed by atoms with Gasteiger partial charge in [0.2, 0.25) is 0 Å². The minimum atomic E-state index is -0.241. The third-order valence-corrected chi connectivity index (χ3v) is 4.74. The smallest absolute Gasteiger partial charge is 0.255 e. The number of hydrogen-bond acceptors (Lipinski definition) is 3. The second kappa shape index (κ2) is 7.98. The molecule has 2 aromatic carbocycles. The van der Waals surface area contributed by atoms with E-state index in [0.717, 1.165) is 18.8 Å². The fourth-order valence-corrected chi connectivity index (χ4v) is 3.45. The standard InChI is InChI=1S/C19H20Cl2N2O2/c1-2-25-18-8-5-13(11-16(18)21)19(24)22-14-6-7-17(15(20)12-14)23-9-3-4-10-23/h5-8,11-12H,2-4,9-10H2,1H3,(H,22,24). The predicted octanol–water partition coefficient (Wildman–Crippen LogP) is 5.24. The van der Waals surface area contributed by atoms with Gasteiger partial charge in [0.25, 0.3) is 5.91 Å². The molecular formula is C19H20Cl2N2O2. The van der Waals surface area contributed by atoms with E-state index in [2.05, 4.69) is 10.2 Å². The van der Waals surface area contributed by atoms with E-state index in [1.54, 1.807) is 24.3 Å². The van der Waals surface area contributed by atoms with Crippen LogP contribution in [0.5, 0.6) is 5.75 Å². The molecule has 0 aromatic heterocycles. The van der Waals surface area contributed by atoms with Crippen LogP contribution in [0.3, 0.4) is 0 Å². The quantitative estimate of drug-likeness (QED) is 0.772. The molecule has 0 atom stereocenters. The van der Waals surface area contributed by atoms with E-state index in [0.29, 0.717) is 33.7 Å². The summed E-state index contributed by atoms with van der Waals surface area (Å²) in [5, 5.41) is 3.91. The molecule has 1 aliphatic heterocycles. The van der Waals surface area contributed by atoms with Crippen LogP contribution in [0.1, 0.15) is 30.1 Å². The Kier molecular flexibility index (Phi) is 5.71.